The molecule has 180 valence electrons. The molecule has 0 atom stereocenters. The van der Waals surface area contributed by atoms with Gasteiger partial charge in [-0.1, -0.05) is 25.7 Å². The highest BCUT2D eigenvalue weighted by Gasteiger charge is 2.01. The molecule has 0 bridgehead atoms. The molecule has 0 saturated heterocycles. The van der Waals surface area contributed by atoms with Crippen LogP contribution in [-0.2, 0) is 28.5 Å². The predicted molar refractivity (Wildman–Crippen MR) is 117 cm³/mol. The summed E-state index contributed by atoms with van der Waals surface area (Å²) in [7, 11) is 0. The van der Waals surface area contributed by atoms with Crippen molar-refractivity contribution >= 4 is 5.91 Å². The molecule has 8 heteroatoms. The van der Waals surface area contributed by atoms with E-state index < -0.39 is 0 Å². The monoisotopic (exact) mass is 435 g/mol. The van der Waals surface area contributed by atoms with Crippen LogP contribution >= 0.6 is 0 Å². The van der Waals surface area contributed by atoms with Crippen LogP contribution in [0.2, 0.25) is 0 Å². The molecule has 0 radical (unpaired) electrons. The summed E-state index contributed by atoms with van der Waals surface area (Å²) in [6.45, 7) is 9.35. The van der Waals surface area contributed by atoms with Crippen LogP contribution in [0.15, 0.2) is 0 Å². The zero-order valence-electron chi connectivity index (χ0n) is 19.2. The Morgan fingerprint density at radius 1 is 0.700 bits per heavy atom. The van der Waals surface area contributed by atoms with Gasteiger partial charge < -0.3 is 34.1 Å². The van der Waals surface area contributed by atoms with Gasteiger partial charge in [0.25, 0.3) is 0 Å². The summed E-state index contributed by atoms with van der Waals surface area (Å²) in [6, 6.07) is 0. The van der Waals surface area contributed by atoms with E-state index in [9.17, 15) is 4.79 Å². The summed E-state index contributed by atoms with van der Waals surface area (Å²) in [5.74, 6) is 0.0975. The second-order valence-corrected chi connectivity index (χ2v) is 7.31. The number of carbonyl (C=O) groups is 1. The predicted octanol–water partition coefficient (Wildman–Crippen LogP) is 2.32. The molecule has 0 saturated carbocycles. The molecular weight excluding hydrogens is 390 g/mol. The van der Waals surface area contributed by atoms with E-state index in [4.69, 9.17) is 28.8 Å². The van der Waals surface area contributed by atoms with Gasteiger partial charge in [0.15, 0.2) is 0 Å². The molecule has 8 nitrogen and oxygen atoms in total. The van der Waals surface area contributed by atoms with Gasteiger partial charge in [-0.3, -0.25) is 4.79 Å². The smallest absolute Gasteiger partial charge is 0.220 e. The van der Waals surface area contributed by atoms with Crippen molar-refractivity contribution in [3.05, 3.63) is 0 Å². The van der Waals surface area contributed by atoms with Gasteiger partial charge >= 0.3 is 0 Å². The lowest BCUT2D eigenvalue weighted by molar-refractivity contribution is -0.121. The van der Waals surface area contributed by atoms with Crippen LogP contribution in [0.5, 0.6) is 0 Å². The van der Waals surface area contributed by atoms with Crippen molar-refractivity contribution < 1.29 is 33.6 Å². The quantitative estimate of drug-likeness (QED) is 0.225. The maximum absolute atomic E-state index is 11.8. The van der Waals surface area contributed by atoms with Crippen molar-refractivity contribution in [1.29, 1.82) is 0 Å². The highest BCUT2D eigenvalue weighted by atomic mass is 16.6. The summed E-state index contributed by atoms with van der Waals surface area (Å²) >= 11 is 0. The maximum atomic E-state index is 11.8. The van der Waals surface area contributed by atoms with Gasteiger partial charge in [-0.2, -0.15) is 0 Å². The van der Waals surface area contributed by atoms with E-state index in [1.165, 1.54) is 19.3 Å². The second kappa shape index (κ2) is 24.5. The van der Waals surface area contributed by atoms with Crippen LogP contribution < -0.4 is 5.32 Å². The van der Waals surface area contributed by atoms with Gasteiger partial charge in [0.2, 0.25) is 5.91 Å². The fourth-order valence-electron chi connectivity index (χ4n) is 2.59. The van der Waals surface area contributed by atoms with Gasteiger partial charge in [0, 0.05) is 19.6 Å². The van der Waals surface area contributed by atoms with Gasteiger partial charge in [-0.15, -0.1) is 0 Å². The number of carbonyl (C=O) groups excluding carboxylic acids is 1. The Kier molecular flexibility index (Phi) is 23.9. The molecule has 0 fully saturated rings. The van der Waals surface area contributed by atoms with Crippen molar-refractivity contribution in [2.45, 2.75) is 64.9 Å². The fraction of sp³-hybridized carbons (Fsp3) is 0.955. The van der Waals surface area contributed by atoms with Gasteiger partial charge in [-0.05, 0) is 26.7 Å². The molecule has 0 rings (SSSR count). The van der Waals surface area contributed by atoms with E-state index in [2.05, 4.69) is 19.2 Å². The van der Waals surface area contributed by atoms with Crippen LogP contribution in [0.3, 0.4) is 0 Å². The Bertz CT molecular complexity index is 356. The minimum Gasteiger partial charge on any atom is -0.394 e. The van der Waals surface area contributed by atoms with Crippen molar-refractivity contribution in [3.63, 3.8) is 0 Å². The van der Waals surface area contributed by atoms with Crippen LogP contribution in [0, 0.1) is 0 Å². The summed E-state index contributed by atoms with van der Waals surface area (Å²) in [4.78, 5) is 11.8. The van der Waals surface area contributed by atoms with E-state index >= 15 is 0 Å². The summed E-state index contributed by atoms with van der Waals surface area (Å²) < 4.78 is 26.7. The third-order valence-electron chi connectivity index (χ3n) is 4.17. The Morgan fingerprint density at radius 2 is 1.20 bits per heavy atom. The van der Waals surface area contributed by atoms with E-state index in [0.29, 0.717) is 71.9 Å². The molecule has 0 heterocycles. The summed E-state index contributed by atoms with van der Waals surface area (Å²) in [5.41, 5.74) is 0. The molecular formula is C22H45NO7. The van der Waals surface area contributed by atoms with Gasteiger partial charge in [-0.25, -0.2) is 0 Å². The highest BCUT2D eigenvalue weighted by molar-refractivity contribution is 5.75. The molecule has 30 heavy (non-hydrogen) atoms. The van der Waals surface area contributed by atoms with Crippen molar-refractivity contribution in [3.8, 4) is 0 Å². The molecule has 0 aliphatic heterocycles. The first kappa shape index (κ1) is 29.2. The molecule has 0 aromatic rings. The SMILES string of the molecule is CC(C)OCCCCCCCCC(=O)NCCOCCOCCOCCOCCO. The van der Waals surface area contributed by atoms with Crippen LogP contribution in [0.25, 0.3) is 0 Å². The lowest BCUT2D eigenvalue weighted by Gasteiger charge is -2.08. The minimum atomic E-state index is 0.0302. The average molecular weight is 436 g/mol. The maximum Gasteiger partial charge on any atom is 0.220 e. The first-order valence-electron chi connectivity index (χ1n) is 11.5. The Hall–Kier alpha value is -0.770. The largest absolute Gasteiger partial charge is 0.394 e. The van der Waals surface area contributed by atoms with Crippen molar-refractivity contribution in [2.24, 2.45) is 0 Å². The van der Waals surface area contributed by atoms with Crippen molar-refractivity contribution in [1.82, 2.24) is 5.32 Å². The lowest BCUT2D eigenvalue weighted by atomic mass is 10.1. The van der Waals surface area contributed by atoms with Crippen LogP contribution in [0.4, 0.5) is 0 Å². The molecule has 0 unspecified atom stereocenters. The number of hydrogen-bond acceptors (Lipinski definition) is 7. The lowest BCUT2D eigenvalue weighted by Crippen LogP contribution is -2.27. The molecule has 0 aliphatic carbocycles. The molecule has 2 N–H and O–H groups in total. The first-order valence-corrected chi connectivity index (χ1v) is 11.5. The first-order chi connectivity index (χ1) is 14.7. The molecule has 1 amide bonds. The van der Waals surface area contributed by atoms with Crippen molar-refractivity contribution in [2.75, 3.05) is 72.6 Å². The normalized spacial score (nSPS) is 11.3. The summed E-state index contributed by atoms with van der Waals surface area (Å²) in [5, 5.41) is 11.4. The zero-order valence-corrected chi connectivity index (χ0v) is 19.2. The van der Waals surface area contributed by atoms with Gasteiger partial charge in [0.05, 0.1) is 65.6 Å². The number of aliphatic hydroxyl groups is 1. The minimum absolute atomic E-state index is 0.0302. The molecule has 0 spiro atoms. The number of rotatable bonds is 24. The average Bonchev–Trinajstić information content (AvgIpc) is 2.72. The van der Waals surface area contributed by atoms with E-state index in [1.807, 2.05) is 0 Å². The van der Waals surface area contributed by atoms with Gasteiger partial charge in [0.1, 0.15) is 0 Å². The third kappa shape index (κ3) is 25.3. The number of nitrogens with one attached hydrogen (secondary N) is 1. The standard InChI is InChI=1S/C22H45NO7/c1-21(2)30-12-8-6-4-3-5-7-9-22(25)23-10-13-26-15-17-28-19-20-29-18-16-27-14-11-24/h21,24H,3-20H2,1-2H3,(H,23,25). The van der Waals surface area contributed by atoms with E-state index in [-0.39, 0.29) is 12.5 Å². The van der Waals surface area contributed by atoms with Crippen LogP contribution in [0.1, 0.15) is 58.8 Å². The number of amides is 1. The number of aliphatic hydroxyl groups excluding tert-OH is 1. The topological polar surface area (TPSA) is 95.5 Å². The molecule has 0 aromatic heterocycles. The Morgan fingerprint density at radius 3 is 1.77 bits per heavy atom. The summed E-state index contributed by atoms with van der Waals surface area (Å²) in [6.07, 6.45) is 7.67. The van der Waals surface area contributed by atoms with E-state index in [0.717, 1.165) is 25.9 Å². The highest BCUT2D eigenvalue weighted by Crippen LogP contribution is 2.07. The number of ether oxygens (including phenoxy) is 5. The molecule has 0 aromatic carbocycles. The van der Waals surface area contributed by atoms with Crippen LogP contribution in [-0.4, -0.2) is 89.7 Å². The third-order valence-corrected chi connectivity index (χ3v) is 4.17. The Labute approximate surface area is 182 Å². The molecule has 0 aliphatic rings. The van der Waals surface area contributed by atoms with E-state index in [1.54, 1.807) is 0 Å². The fourth-order valence-corrected chi connectivity index (χ4v) is 2.59. The second-order valence-electron chi connectivity index (χ2n) is 7.31. The Balaban J connectivity index is 3.15. The number of unbranched alkanes of at least 4 members (excludes halogenated alkanes) is 5. The number of hydrogen-bond donors (Lipinski definition) is 2. The zero-order chi connectivity index (χ0) is 22.1.